The van der Waals surface area contributed by atoms with Gasteiger partial charge in [-0.15, -0.1) is 0 Å². The number of anilines is 2. The topological polar surface area (TPSA) is 74.5 Å². The minimum atomic E-state index is -0.313. The average molecular weight is 337 g/mol. The van der Waals surface area contributed by atoms with Crippen molar-refractivity contribution in [1.29, 1.82) is 0 Å². The lowest BCUT2D eigenvalue weighted by molar-refractivity contribution is 0.0998. The zero-order valence-corrected chi connectivity index (χ0v) is 14.0. The molecule has 1 saturated heterocycles. The molecule has 25 heavy (non-hydrogen) atoms. The second kappa shape index (κ2) is 6.52. The van der Waals surface area contributed by atoms with Crippen molar-refractivity contribution in [2.45, 2.75) is 0 Å². The van der Waals surface area contributed by atoms with Crippen molar-refractivity contribution in [3.8, 4) is 0 Å². The molecule has 0 atom stereocenters. The zero-order valence-electron chi connectivity index (χ0n) is 14.0. The standard InChI is InChI=1S/C18H19N5O2/c1-22-6-8-23(9-7-22)18-19-11-14(12-20-18)21-17(24)16-10-13-4-2-3-5-15(13)25-16/h2-5,10-12H,6-9H2,1H3,(H,21,24). The Morgan fingerprint density at radius 2 is 1.84 bits per heavy atom. The van der Waals surface area contributed by atoms with E-state index in [-0.39, 0.29) is 11.7 Å². The van der Waals surface area contributed by atoms with Crippen molar-refractivity contribution in [1.82, 2.24) is 14.9 Å². The van der Waals surface area contributed by atoms with Crippen LogP contribution in [0.2, 0.25) is 0 Å². The lowest BCUT2D eigenvalue weighted by Gasteiger charge is -2.32. The monoisotopic (exact) mass is 337 g/mol. The summed E-state index contributed by atoms with van der Waals surface area (Å²) in [4.78, 5) is 25.5. The Bertz CT molecular complexity index is 849. The van der Waals surface area contributed by atoms with Crippen LogP contribution in [0.25, 0.3) is 11.0 Å². The van der Waals surface area contributed by atoms with Gasteiger partial charge < -0.3 is 19.5 Å². The number of carbonyl (C=O) groups is 1. The van der Waals surface area contributed by atoms with Gasteiger partial charge in [0.15, 0.2) is 5.76 Å². The highest BCUT2D eigenvalue weighted by Crippen LogP contribution is 2.20. The van der Waals surface area contributed by atoms with E-state index in [2.05, 4.69) is 32.1 Å². The number of rotatable bonds is 3. The number of carbonyl (C=O) groups excluding carboxylic acids is 1. The van der Waals surface area contributed by atoms with Crippen molar-refractivity contribution >= 4 is 28.5 Å². The number of furan rings is 1. The number of amides is 1. The van der Waals surface area contributed by atoms with Crippen LogP contribution in [0.1, 0.15) is 10.6 Å². The van der Waals surface area contributed by atoms with Gasteiger partial charge >= 0.3 is 0 Å². The van der Waals surface area contributed by atoms with Crippen molar-refractivity contribution in [2.75, 3.05) is 43.4 Å². The van der Waals surface area contributed by atoms with Crippen LogP contribution in [0.4, 0.5) is 11.6 Å². The van der Waals surface area contributed by atoms with Gasteiger partial charge in [0.05, 0.1) is 18.1 Å². The Kier molecular flexibility index (Phi) is 4.07. The number of nitrogens with one attached hydrogen (secondary N) is 1. The summed E-state index contributed by atoms with van der Waals surface area (Å²) in [6.07, 6.45) is 3.25. The Hall–Kier alpha value is -2.93. The summed E-state index contributed by atoms with van der Waals surface area (Å²) < 4.78 is 5.57. The summed E-state index contributed by atoms with van der Waals surface area (Å²) in [5.41, 5.74) is 1.23. The van der Waals surface area contributed by atoms with Crippen LogP contribution in [-0.2, 0) is 0 Å². The summed E-state index contributed by atoms with van der Waals surface area (Å²) >= 11 is 0. The molecule has 3 aromatic rings. The summed E-state index contributed by atoms with van der Waals surface area (Å²) in [6, 6.07) is 9.25. The van der Waals surface area contributed by atoms with Crippen LogP contribution in [0.5, 0.6) is 0 Å². The van der Waals surface area contributed by atoms with Crippen molar-refractivity contribution in [3.63, 3.8) is 0 Å². The lowest BCUT2D eigenvalue weighted by Crippen LogP contribution is -2.45. The first-order chi connectivity index (χ1) is 12.2. The van der Waals surface area contributed by atoms with E-state index in [1.807, 2.05) is 24.3 Å². The summed E-state index contributed by atoms with van der Waals surface area (Å²) in [7, 11) is 2.11. The molecule has 2 aromatic heterocycles. The molecule has 0 bridgehead atoms. The Morgan fingerprint density at radius 3 is 2.56 bits per heavy atom. The highest BCUT2D eigenvalue weighted by Gasteiger charge is 2.17. The summed E-state index contributed by atoms with van der Waals surface area (Å²) in [5.74, 6) is 0.645. The van der Waals surface area contributed by atoms with Crippen LogP contribution in [-0.4, -0.2) is 54.0 Å². The number of likely N-dealkylation sites (N-methyl/N-ethyl adjacent to an activating group) is 1. The van der Waals surface area contributed by atoms with Gasteiger partial charge in [-0.1, -0.05) is 18.2 Å². The molecule has 1 fully saturated rings. The predicted octanol–water partition coefficient (Wildman–Crippen LogP) is 2.23. The van der Waals surface area contributed by atoms with Gasteiger partial charge in [-0.05, 0) is 19.2 Å². The zero-order chi connectivity index (χ0) is 17.2. The number of para-hydroxylation sites is 1. The van der Waals surface area contributed by atoms with E-state index in [1.54, 1.807) is 18.5 Å². The fourth-order valence-corrected chi connectivity index (χ4v) is 2.84. The number of piperazine rings is 1. The van der Waals surface area contributed by atoms with Crippen molar-refractivity contribution in [2.24, 2.45) is 0 Å². The second-order valence-corrected chi connectivity index (χ2v) is 6.16. The Labute approximate surface area is 145 Å². The molecule has 3 heterocycles. The molecule has 1 amide bonds. The second-order valence-electron chi connectivity index (χ2n) is 6.16. The van der Waals surface area contributed by atoms with Crippen LogP contribution in [0.15, 0.2) is 47.1 Å². The van der Waals surface area contributed by atoms with Gasteiger partial charge in [0.25, 0.3) is 5.91 Å². The largest absolute Gasteiger partial charge is 0.451 e. The van der Waals surface area contributed by atoms with Crippen LogP contribution in [0.3, 0.4) is 0 Å². The first-order valence-corrected chi connectivity index (χ1v) is 8.24. The minimum absolute atomic E-state index is 0.268. The van der Waals surface area contributed by atoms with Gasteiger partial charge in [-0.25, -0.2) is 9.97 Å². The number of nitrogens with zero attached hydrogens (tertiary/aromatic N) is 4. The van der Waals surface area contributed by atoms with E-state index in [1.165, 1.54) is 0 Å². The maximum absolute atomic E-state index is 12.3. The molecule has 7 heteroatoms. The molecule has 1 N–H and O–H groups in total. The molecule has 0 radical (unpaired) electrons. The minimum Gasteiger partial charge on any atom is -0.451 e. The first kappa shape index (κ1) is 15.6. The number of benzene rings is 1. The quantitative estimate of drug-likeness (QED) is 0.790. The van der Waals surface area contributed by atoms with E-state index < -0.39 is 0 Å². The third-order valence-corrected chi connectivity index (χ3v) is 4.33. The molecule has 1 aliphatic heterocycles. The maximum atomic E-state index is 12.3. The van der Waals surface area contributed by atoms with Gasteiger partial charge in [0.2, 0.25) is 5.95 Å². The summed E-state index contributed by atoms with van der Waals surface area (Å²) in [6.45, 7) is 3.80. The van der Waals surface area contributed by atoms with Crippen LogP contribution >= 0.6 is 0 Å². The maximum Gasteiger partial charge on any atom is 0.291 e. The Morgan fingerprint density at radius 1 is 1.12 bits per heavy atom. The fraction of sp³-hybridized carbons (Fsp3) is 0.278. The van der Waals surface area contributed by atoms with E-state index in [4.69, 9.17) is 4.42 Å². The van der Waals surface area contributed by atoms with Crippen molar-refractivity contribution < 1.29 is 9.21 Å². The lowest BCUT2D eigenvalue weighted by atomic mass is 10.2. The summed E-state index contributed by atoms with van der Waals surface area (Å²) in [5, 5.41) is 3.67. The molecule has 0 aliphatic carbocycles. The smallest absolute Gasteiger partial charge is 0.291 e. The number of fused-ring (bicyclic) bond motifs is 1. The van der Waals surface area contributed by atoms with E-state index >= 15 is 0 Å². The molecule has 1 aromatic carbocycles. The molecule has 0 spiro atoms. The average Bonchev–Trinajstić information content (AvgIpc) is 3.07. The van der Waals surface area contributed by atoms with E-state index in [0.717, 1.165) is 31.6 Å². The van der Waals surface area contributed by atoms with Crippen LogP contribution in [0, 0.1) is 0 Å². The normalized spacial score (nSPS) is 15.5. The van der Waals surface area contributed by atoms with Crippen LogP contribution < -0.4 is 10.2 Å². The van der Waals surface area contributed by atoms with E-state index in [0.29, 0.717) is 17.2 Å². The molecule has 128 valence electrons. The number of aromatic nitrogens is 2. The van der Waals surface area contributed by atoms with E-state index in [9.17, 15) is 4.79 Å². The Balaban J connectivity index is 1.44. The third-order valence-electron chi connectivity index (χ3n) is 4.33. The van der Waals surface area contributed by atoms with Crippen molar-refractivity contribution in [3.05, 3.63) is 48.5 Å². The molecule has 0 saturated carbocycles. The molecule has 1 aliphatic rings. The predicted molar refractivity (Wildman–Crippen MR) is 95.9 cm³/mol. The molecule has 7 nitrogen and oxygen atoms in total. The highest BCUT2D eigenvalue weighted by molar-refractivity contribution is 6.04. The fourth-order valence-electron chi connectivity index (χ4n) is 2.84. The highest BCUT2D eigenvalue weighted by atomic mass is 16.3. The number of hydrogen-bond acceptors (Lipinski definition) is 6. The van der Waals surface area contributed by atoms with Gasteiger partial charge in [-0.3, -0.25) is 4.79 Å². The molecule has 4 rings (SSSR count). The molecule has 0 unspecified atom stereocenters. The SMILES string of the molecule is CN1CCN(c2ncc(NC(=O)c3cc4ccccc4o3)cn2)CC1. The number of hydrogen-bond donors (Lipinski definition) is 1. The first-order valence-electron chi connectivity index (χ1n) is 8.24. The molecular formula is C18H19N5O2. The third kappa shape index (κ3) is 3.32. The van der Waals surface area contributed by atoms with Gasteiger partial charge in [0, 0.05) is 31.6 Å². The van der Waals surface area contributed by atoms with Gasteiger partial charge in [-0.2, -0.15) is 0 Å². The van der Waals surface area contributed by atoms with Gasteiger partial charge in [0.1, 0.15) is 5.58 Å². The molecular weight excluding hydrogens is 318 g/mol.